The van der Waals surface area contributed by atoms with Crippen LogP contribution in [0.3, 0.4) is 0 Å². The molecule has 0 unspecified atom stereocenters. The summed E-state index contributed by atoms with van der Waals surface area (Å²) in [6.07, 6.45) is 0.667. The molecule has 57 valence electrons. The summed E-state index contributed by atoms with van der Waals surface area (Å²) < 4.78 is 0. The van der Waals surface area contributed by atoms with Crippen molar-refractivity contribution in [3.05, 3.63) is 6.29 Å². The van der Waals surface area contributed by atoms with Gasteiger partial charge in [0.1, 0.15) is 0 Å². The molecule has 0 aliphatic heterocycles. The highest BCUT2D eigenvalue weighted by Gasteiger charge is 2.01. The van der Waals surface area contributed by atoms with Crippen molar-refractivity contribution in [2.24, 2.45) is 0 Å². The quantitative estimate of drug-likeness (QED) is 0.367. The van der Waals surface area contributed by atoms with E-state index in [1.54, 1.807) is 0 Å². The van der Waals surface area contributed by atoms with Crippen LogP contribution in [0.4, 0.5) is 0 Å². The number of carbonyl (C=O) groups excluding carboxylic acids is 2. The van der Waals surface area contributed by atoms with E-state index in [0.717, 1.165) is 0 Å². The predicted molar refractivity (Wildman–Crippen MR) is 29.5 cm³/mol. The van der Waals surface area contributed by atoms with Crippen molar-refractivity contribution in [3.8, 4) is 0 Å². The first-order valence-corrected chi connectivity index (χ1v) is 2.37. The maximum absolute atomic E-state index is 9.59. The SMILES string of the molecule is C[C](ONC=O)ONC=O. The highest BCUT2D eigenvalue weighted by Crippen LogP contribution is 1.94. The summed E-state index contributed by atoms with van der Waals surface area (Å²) in [5, 5.41) is 0. The summed E-state index contributed by atoms with van der Waals surface area (Å²) in [4.78, 5) is 27.9. The molecule has 0 aromatic carbocycles. The summed E-state index contributed by atoms with van der Waals surface area (Å²) in [7, 11) is 0. The third-order valence-corrected chi connectivity index (χ3v) is 0.502. The van der Waals surface area contributed by atoms with Crippen LogP contribution in [0.15, 0.2) is 0 Å². The second-order valence-corrected chi connectivity index (χ2v) is 1.17. The van der Waals surface area contributed by atoms with E-state index in [4.69, 9.17) is 0 Å². The number of rotatable bonds is 6. The monoisotopic (exact) mass is 147 g/mol. The van der Waals surface area contributed by atoms with Crippen LogP contribution in [0.25, 0.3) is 0 Å². The molecular formula is C4H7N2O4. The van der Waals surface area contributed by atoms with Crippen molar-refractivity contribution < 1.29 is 19.3 Å². The second kappa shape index (κ2) is 5.99. The molecule has 6 nitrogen and oxygen atoms in total. The molecular weight excluding hydrogens is 140 g/mol. The normalized spacial score (nSPS) is 9.00. The van der Waals surface area contributed by atoms with Crippen LogP contribution in [-0.4, -0.2) is 12.8 Å². The average Bonchev–Trinajstić information content (AvgIpc) is 1.97. The molecule has 0 aliphatic carbocycles. The maximum atomic E-state index is 9.59. The number of carbonyl (C=O) groups is 2. The molecule has 0 fully saturated rings. The Kier molecular flexibility index (Phi) is 5.30. The number of hydroxylamine groups is 2. The zero-order chi connectivity index (χ0) is 7.82. The Hall–Kier alpha value is -1.14. The molecule has 0 atom stereocenters. The number of hydrogen-bond donors (Lipinski definition) is 2. The van der Waals surface area contributed by atoms with Crippen LogP contribution < -0.4 is 11.0 Å². The third kappa shape index (κ3) is 5.01. The van der Waals surface area contributed by atoms with E-state index in [1.165, 1.54) is 6.92 Å². The van der Waals surface area contributed by atoms with Gasteiger partial charge in [-0.25, -0.2) is 20.6 Å². The lowest BCUT2D eigenvalue weighted by atomic mass is 10.8. The van der Waals surface area contributed by atoms with Crippen LogP contribution in [-0.2, 0) is 19.3 Å². The minimum absolute atomic E-state index is 0.0131. The Morgan fingerprint density at radius 2 is 1.60 bits per heavy atom. The standard InChI is InChI=1S/C4H7N2O4/c1-4(9-5-2-7)10-6-3-8/h2-3H,1H3,(H,5,7)(H,6,8). The largest absolute Gasteiger partial charge is 0.277 e. The molecule has 0 aliphatic rings. The Bertz CT molecular complexity index is 95.4. The van der Waals surface area contributed by atoms with Gasteiger partial charge in [-0.2, -0.15) is 0 Å². The van der Waals surface area contributed by atoms with E-state index in [-0.39, 0.29) is 6.29 Å². The molecule has 0 bridgehead atoms. The van der Waals surface area contributed by atoms with Crippen molar-refractivity contribution in [1.29, 1.82) is 0 Å². The Morgan fingerprint density at radius 3 is 1.90 bits per heavy atom. The van der Waals surface area contributed by atoms with Crippen LogP contribution in [0.2, 0.25) is 0 Å². The van der Waals surface area contributed by atoms with Gasteiger partial charge >= 0.3 is 0 Å². The third-order valence-electron chi connectivity index (χ3n) is 0.502. The molecule has 10 heavy (non-hydrogen) atoms. The number of hydrogen-bond acceptors (Lipinski definition) is 4. The van der Waals surface area contributed by atoms with Gasteiger partial charge in [-0.3, -0.25) is 9.59 Å². The lowest BCUT2D eigenvalue weighted by molar-refractivity contribution is -0.147. The molecule has 2 N–H and O–H groups in total. The summed E-state index contributed by atoms with van der Waals surface area (Å²) in [6.45, 7) is 1.41. The van der Waals surface area contributed by atoms with Gasteiger partial charge in [-0.15, -0.1) is 0 Å². The minimum Gasteiger partial charge on any atom is -0.277 e. The van der Waals surface area contributed by atoms with Gasteiger partial charge in [-0.1, -0.05) is 0 Å². The van der Waals surface area contributed by atoms with Gasteiger partial charge in [0.2, 0.25) is 12.8 Å². The van der Waals surface area contributed by atoms with E-state index in [0.29, 0.717) is 12.8 Å². The van der Waals surface area contributed by atoms with Crippen LogP contribution >= 0.6 is 0 Å². The van der Waals surface area contributed by atoms with Gasteiger partial charge in [-0.05, 0) is 6.92 Å². The van der Waals surface area contributed by atoms with E-state index < -0.39 is 0 Å². The first-order valence-electron chi connectivity index (χ1n) is 2.37. The fourth-order valence-corrected chi connectivity index (χ4v) is 0.235. The Balaban J connectivity index is 3.15. The molecule has 0 saturated carbocycles. The van der Waals surface area contributed by atoms with E-state index in [2.05, 4.69) is 9.68 Å². The van der Waals surface area contributed by atoms with Crippen molar-refractivity contribution in [3.63, 3.8) is 0 Å². The summed E-state index contributed by atoms with van der Waals surface area (Å²) in [5.41, 5.74) is 3.72. The smallest absolute Gasteiger partial charge is 0.273 e. The summed E-state index contributed by atoms with van der Waals surface area (Å²) >= 11 is 0. The summed E-state index contributed by atoms with van der Waals surface area (Å²) in [6, 6.07) is 0. The second-order valence-electron chi connectivity index (χ2n) is 1.17. The number of nitrogens with one attached hydrogen (secondary N) is 2. The van der Waals surface area contributed by atoms with Crippen LogP contribution in [0.1, 0.15) is 6.92 Å². The zero-order valence-corrected chi connectivity index (χ0v) is 5.29. The van der Waals surface area contributed by atoms with Crippen LogP contribution in [0.5, 0.6) is 0 Å². The molecule has 0 spiro atoms. The molecule has 2 amide bonds. The van der Waals surface area contributed by atoms with Gasteiger partial charge in [0.05, 0.1) is 0 Å². The molecule has 0 rings (SSSR count). The molecule has 0 aromatic rings. The summed E-state index contributed by atoms with van der Waals surface area (Å²) in [5.74, 6) is 0. The van der Waals surface area contributed by atoms with Gasteiger partial charge < -0.3 is 0 Å². The highest BCUT2D eigenvalue weighted by atomic mass is 16.8. The van der Waals surface area contributed by atoms with Crippen molar-refractivity contribution in [2.45, 2.75) is 6.92 Å². The molecule has 6 heteroatoms. The first-order chi connectivity index (χ1) is 4.81. The van der Waals surface area contributed by atoms with E-state index in [9.17, 15) is 9.59 Å². The Morgan fingerprint density at radius 1 is 1.20 bits per heavy atom. The van der Waals surface area contributed by atoms with Crippen molar-refractivity contribution in [2.75, 3.05) is 0 Å². The van der Waals surface area contributed by atoms with E-state index in [1.807, 2.05) is 11.0 Å². The highest BCUT2D eigenvalue weighted by molar-refractivity contribution is 5.44. The van der Waals surface area contributed by atoms with E-state index >= 15 is 0 Å². The fraction of sp³-hybridized carbons (Fsp3) is 0.250. The van der Waals surface area contributed by atoms with Crippen molar-refractivity contribution >= 4 is 12.8 Å². The van der Waals surface area contributed by atoms with Gasteiger partial charge in [0, 0.05) is 0 Å². The minimum atomic E-state index is 0.0131. The first kappa shape index (κ1) is 8.86. The predicted octanol–water partition coefficient (Wildman–Crippen LogP) is -1.15. The van der Waals surface area contributed by atoms with Crippen LogP contribution in [0, 0.1) is 6.29 Å². The van der Waals surface area contributed by atoms with Gasteiger partial charge in [0.15, 0.2) is 0 Å². The van der Waals surface area contributed by atoms with Gasteiger partial charge in [0.25, 0.3) is 6.29 Å². The zero-order valence-electron chi connectivity index (χ0n) is 5.29. The molecule has 0 saturated heterocycles. The molecule has 1 radical (unpaired) electrons. The number of amides is 2. The average molecular weight is 147 g/mol. The topological polar surface area (TPSA) is 76.7 Å². The lowest BCUT2D eigenvalue weighted by Gasteiger charge is -2.06. The van der Waals surface area contributed by atoms with Crippen molar-refractivity contribution in [1.82, 2.24) is 11.0 Å². The Labute approximate surface area is 57.4 Å². The fourth-order valence-electron chi connectivity index (χ4n) is 0.235. The maximum Gasteiger partial charge on any atom is 0.273 e. The molecule has 0 heterocycles. The lowest BCUT2D eigenvalue weighted by Crippen LogP contribution is -2.22. The molecule has 0 aromatic heterocycles.